The van der Waals surface area contributed by atoms with E-state index in [1.807, 2.05) is 18.2 Å². The zero-order valence-corrected chi connectivity index (χ0v) is 12.3. The Labute approximate surface area is 120 Å². The SMILES string of the molecule is CCCCN(C)Cc1nc2ccccc2n1CCC#N. The number of hydrogen-bond donors (Lipinski definition) is 0. The highest BCUT2D eigenvalue weighted by Crippen LogP contribution is 2.17. The smallest absolute Gasteiger partial charge is 0.124 e. The minimum atomic E-state index is 0.520. The Bertz CT molecular complexity index is 594. The highest BCUT2D eigenvalue weighted by molar-refractivity contribution is 5.75. The maximum Gasteiger partial charge on any atom is 0.124 e. The molecule has 0 saturated heterocycles. The first-order chi connectivity index (χ1) is 9.76. The Morgan fingerprint density at radius 3 is 2.90 bits per heavy atom. The second-order valence-corrected chi connectivity index (χ2v) is 5.17. The number of nitriles is 1. The molecule has 0 aliphatic carbocycles. The summed E-state index contributed by atoms with van der Waals surface area (Å²) in [4.78, 5) is 7.02. The van der Waals surface area contributed by atoms with E-state index in [4.69, 9.17) is 10.2 Å². The summed E-state index contributed by atoms with van der Waals surface area (Å²) < 4.78 is 2.18. The molecule has 0 amide bonds. The molecule has 0 unspecified atom stereocenters. The lowest BCUT2D eigenvalue weighted by Crippen LogP contribution is -2.21. The number of para-hydroxylation sites is 2. The van der Waals surface area contributed by atoms with Gasteiger partial charge in [-0.1, -0.05) is 25.5 Å². The lowest BCUT2D eigenvalue weighted by atomic mass is 10.3. The number of aromatic nitrogens is 2. The van der Waals surface area contributed by atoms with E-state index in [1.54, 1.807) is 0 Å². The Morgan fingerprint density at radius 1 is 1.35 bits per heavy atom. The molecule has 0 aliphatic heterocycles. The van der Waals surface area contributed by atoms with Gasteiger partial charge in [-0.05, 0) is 32.1 Å². The van der Waals surface area contributed by atoms with Gasteiger partial charge >= 0.3 is 0 Å². The number of aryl methyl sites for hydroxylation is 1. The first-order valence-electron chi connectivity index (χ1n) is 7.26. The lowest BCUT2D eigenvalue weighted by Gasteiger charge is -2.16. The summed E-state index contributed by atoms with van der Waals surface area (Å²) in [7, 11) is 2.13. The number of fused-ring (bicyclic) bond motifs is 1. The van der Waals surface area contributed by atoms with Crippen LogP contribution in [0.25, 0.3) is 11.0 Å². The molecular formula is C16H22N4. The highest BCUT2D eigenvalue weighted by atomic mass is 15.2. The summed E-state index contributed by atoms with van der Waals surface area (Å²) >= 11 is 0. The van der Waals surface area contributed by atoms with Gasteiger partial charge in [-0.25, -0.2) is 4.98 Å². The average Bonchev–Trinajstić information content (AvgIpc) is 2.80. The Balaban J connectivity index is 2.24. The van der Waals surface area contributed by atoms with Crippen LogP contribution in [0.2, 0.25) is 0 Å². The number of rotatable bonds is 7. The molecule has 1 aromatic carbocycles. The standard InChI is InChI=1S/C16H22N4/c1-3-4-11-19(2)13-16-18-14-8-5-6-9-15(14)20(16)12-7-10-17/h5-6,8-9H,3-4,7,11-13H2,1-2H3. The fraction of sp³-hybridized carbons (Fsp3) is 0.500. The van der Waals surface area contributed by atoms with Gasteiger partial charge in [0.25, 0.3) is 0 Å². The van der Waals surface area contributed by atoms with Crippen LogP contribution < -0.4 is 0 Å². The molecule has 0 aliphatic rings. The van der Waals surface area contributed by atoms with Gasteiger partial charge in [-0.2, -0.15) is 5.26 Å². The monoisotopic (exact) mass is 270 g/mol. The molecule has 2 rings (SSSR count). The average molecular weight is 270 g/mol. The molecule has 0 spiro atoms. The molecule has 0 fully saturated rings. The molecule has 20 heavy (non-hydrogen) atoms. The zero-order chi connectivity index (χ0) is 14.4. The van der Waals surface area contributed by atoms with E-state index in [1.165, 1.54) is 12.8 Å². The van der Waals surface area contributed by atoms with Crippen LogP contribution in [0, 0.1) is 11.3 Å². The summed E-state index contributed by atoms with van der Waals surface area (Å²) in [5, 5.41) is 8.83. The van der Waals surface area contributed by atoms with Gasteiger partial charge < -0.3 is 4.57 Å². The van der Waals surface area contributed by atoms with Crippen LogP contribution in [-0.2, 0) is 13.1 Å². The minimum Gasteiger partial charge on any atom is -0.326 e. The first-order valence-corrected chi connectivity index (χ1v) is 7.26. The Kier molecular flexibility index (Phi) is 5.14. The van der Waals surface area contributed by atoms with Crippen LogP contribution in [0.5, 0.6) is 0 Å². The van der Waals surface area contributed by atoms with Crippen molar-refractivity contribution in [1.29, 1.82) is 5.26 Å². The van der Waals surface area contributed by atoms with Gasteiger partial charge in [-0.3, -0.25) is 4.90 Å². The molecule has 4 heteroatoms. The number of imidazole rings is 1. The largest absolute Gasteiger partial charge is 0.326 e. The molecule has 0 saturated carbocycles. The minimum absolute atomic E-state index is 0.520. The van der Waals surface area contributed by atoms with Crippen molar-refractivity contribution in [2.24, 2.45) is 0 Å². The van der Waals surface area contributed by atoms with Gasteiger partial charge in [0.15, 0.2) is 0 Å². The normalized spacial score (nSPS) is 11.1. The highest BCUT2D eigenvalue weighted by Gasteiger charge is 2.11. The Morgan fingerprint density at radius 2 is 2.15 bits per heavy atom. The maximum atomic E-state index is 8.83. The van der Waals surface area contributed by atoms with E-state index in [0.717, 1.165) is 29.9 Å². The molecule has 4 nitrogen and oxygen atoms in total. The van der Waals surface area contributed by atoms with Gasteiger partial charge in [0.1, 0.15) is 5.82 Å². The summed E-state index contributed by atoms with van der Waals surface area (Å²) in [5.41, 5.74) is 2.14. The van der Waals surface area contributed by atoms with E-state index in [0.29, 0.717) is 13.0 Å². The molecule has 0 N–H and O–H groups in total. The van der Waals surface area contributed by atoms with E-state index in [-0.39, 0.29) is 0 Å². The van der Waals surface area contributed by atoms with Gasteiger partial charge in [-0.15, -0.1) is 0 Å². The number of hydrogen-bond acceptors (Lipinski definition) is 3. The predicted molar refractivity (Wildman–Crippen MR) is 81.2 cm³/mol. The van der Waals surface area contributed by atoms with Crippen LogP contribution in [0.4, 0.5) is 0 Å². The van der Waals surface area contributed by atoms with E-state index in [9.17, 15) is 0 Å². The van der Waals surface area contributed by atoms with E-state index >= 15 is 0 Å². The zero-order valence-electron chi connectivity index (χ0n) is 12.3. The van der Waals surface area contributed by atoms with Crippen molar-refractivity contribution in [3.05, 3.63) is 30.1 Å². The van der Waals surface area contributed by atoms with Crippen molar-refractivity contribution in [1.82, 2.24) is 14.5 Å². The number of unbranched alkanes of at least 4 members (excludes halogenated alkanes) is 1. The van der Waals surface area contributed by atoms with Crippen LogP contribution in [0.15, 0.2) is 24.3 Å². The first kappa shape index (κ1) is 14.5. The van der Waals surface area contributed by atoms with E-state index in [2.05, 4.69) is 35.6 Å². The summed E-state index contributed by atoms with van der Waals surface area (Å²) in [6, 6.07) is 10.4. The second kappa shape index (κ2) is 7.06. The van der Waals surface area contributed by atoms with Crippen molar-refractivity contribution < 1.29 is 0 Å². The van der Waals surface area contributed by atoms with Crippen LogP contribution in [0.3, 0.4) is 0 Å². The molecule has 0 bridgehead atoms. The van der Waals surface area contributed by atoms with Crippen molar-refractivity contribution in [3.63, 3.8) is 0 Å². The van der Waals surface area contributed by atoms with Crippen LogP contribution in [0.1, 0.15) is 32.0 Å². The molecule has 0 atom stereocenters. The van der Waals surface area contributed by atoms with Gasteiger partial charge in [0.05, 0.1) is 30.1 Å². The second-order valence-electron chi connectivity index (χ2n) is 5.17. The quantitative estimate of drug-likeness (QED) is 0.776. The third-order valence-electron chi connectivity index (χ3n) is 3.49. The summed E-state index contributed by atoms with van der Waals surface area (Å²) in [5.74, 6) is 1.06. The van der Waals surface area contributed by atoms with Crippen molar-refractivity contribution in [2.45, 2.75) is 39.3 Å². The molecular weight excluding hydrogens is 248 g/mol. The van der Waals surface area contributed by atoms with Crippen molar-refractivity contribution in [3.8, 4) is 6.07 Å². The molecule has 2 aromatic rings. The fourth-order valence-electron chi connectivity index (χ4n) is 2.41. The summed E-state index contributed by atoms with van der Waals surface area (Å²) in [6.45, 7) is 4.84. The number of nitrogens with zero attached hydrogens (tertiary/aromatic N) is 4. The van der Waals surface area contributed by atoms with Crippen molar-refractivity contribution in [2.75, 3.05) is 13.6 Å². The number of benzene rings is 1. The third kappa shape index (κ3) is 3.37. The molecule has 1 aromatic heterocycles. The Hall–Kier alpha value is -1.86. The summed E-state index contributed by atoms with van der Waals surface area (Å²) in [6.07, 6.45) is 2.93. The van der Waals surface area contributed by atoms with Gasteiger partial charge in [0.2, 0.25) is 0 Å². The van der Waals surface area contributed by atoms with Gasteiger partial charge in [0, 0.05) is 6.54 Å². The van der Waals surface area contributed by atoms with Crippen LogP contribution in [-0.4, -0.2) is 28.0 Å². The van der Waals surface area contributed by atoms with Crippen molar-refractivity contribution >= 4 is 11.0 Å². The fourth-order valence-corrected chi connectivity index (χ4v) is 2.41. The predicted octanol–water partition coefficient (Wildman–Crippen LogP) is 3.18. The topological polar surface area (TPSA) is 44.9 Å². The molecule has 1 heterocycles. The van der Waals surface area contributed by atoms with Crippen LogP contribution >= 0.6 is 0 Å². The van der Waals surface area contributed by atoms with E-state index < -0.39 is 0 Å². The third-order valence-corrected chi connectivity index (χ3v) is 3.49. The molecule has 106 valence electrons. The maximum absolute atomic E-state index is 8.83. The molecule has 0 radical (unpaired) electrons. The lowest BCUT2D eigenvalue weighted by molar-refractivity contribution is 0.308.